The molecule has 1 aliphatic carbocycles. The average molecular weight is 252 g/mol. The van der Waals surface area contributed by atoms with Crippen LogP contribution in [0.3, 0.4) is 0 Å². The second-order valence-electron chi connectivity index (χ2n) is 7.26. The Hall–Kier alpha value is -0.0800. The lowest BCUT2D eigenvalue weighted by atomic mass is 9.75. The molecule has 18 heavy (non-hydrogen) atoms. The first kappa shape index (κ1) is 14.3. The van der Waals surface area contributed by atoms with E-state index in [4.69, 9.17) is 5.73 Å². The second-order valence-corrected chi connectivity index (χ2v) is 7.26. The Bertz CT molecular complexity index is 264. The van der Waals surface area contributed by atoms with Gasteiger partial charge < -0.3 is 5.73 Å². The molecule has 1 saturated heterocycles. The van der Waals surface area contributed by atoms with E-state index in [9.17, 15) is 0 Å². The number of piperidine rings is 1. The van der Waals surface area contributed by atoms with Crippen molar-refractivity contribution >= 4 is 0 Å². The van der Waals surface area contributed by atoms with Crippen molar-refractivity contribution in [2.75, 3.05) is 6.54 Å². The van der Waals surface area contributed by atoms with E-state index >= 15 is 0 Å². The SMILES string of the molecule is CC1CCN(C2CC(C(C)C)CCC2N)C(C)C1. The summed E-state index contributed by atoms with van der Waals surface area (Å²) in [6.45, 7) is 10.8. The predicted molar refractivity (Wildman–Crippen MR) is 78.5 cm³/mol. The van der Waals surface area contributed by atoms with Gasteiger partial charge in [0.25, 0.3) is 0 Å². The highest BCUT2D eigenvalue weighted by atomic mass is 15.2. The number of rotatable bonds is 2. The van der Waals surface area contributed by atoms with E-state index in [1.165, 1.54) is 38.6 Å². The van der Waals surface area contributed by atoms with Crippen LogP contribution in [0.1, 0.15) is 59.8 Å². The van der Waals surface area contributed by atoms with Gasteiger partial charge in [-0.3, -0.25) is 4.90 Å². The summed E-state index contributed by atoms with van der Waals surface area (Å²) in [7, 11) is 0. The molecule has 0 spiro atoms. The zero-order chi connectivity index (χ0) is 13.3. The third-order valence-electron chi connectivity index (χ3n) is 5.47. The lowest BCUT2D eigenvalue weighted by Crippen LogP contribution is -2.56. The molecule has 0 amide bonds. The molecule has 2 fully saturated rings. The fraction of sp³-hybridized carbons (Fsp3) is 1.00. The summed E-state index contributed by atoms with van der Waals surface area (Å²) in [5.74, 6) is 2.61. The van der Waals surface area contributed by atoms with E-state index in [1.807, 2.05) is 0 Å². The van der Waals surface area contributed by atoms with E-state index in [0.29, 0.717) is 12.1 Å². The molecule has 0 aromatic heterocycles. The molecule has 0 bridgehead atoms. The fourth-order valence-electron chi connectivity index (χ4n) is 4.11. The third kappa shape index (κ3) is 3.08. The summed E-state index contributed by atoms with van der Waals surface area (Å²) in [5.41, 5.74) is 6.43. The molecule has 1 heterocycles. The smallest absolute Gasteiger partial charge is 0.0252 e. The van der Waals surface area contributed by atoms with Crippen LogP contribution in [-0.4, -0.2) is 29.6 Å². The van der Waals surface area contributed by atoms with Crippen molar-refractivity contribution < 1.29 is 0 Å². The van der Waals surface area contributed by atoms with Gasteiger partial charge in [-0.25, -0.2) is 0 Å². The Labute approximate surface area is 113 Å². The average Bonchev–Trinajstić information content (AvgIpc) is 2.30. The van der Waals surface area contributed by atoms with Crippen LogP contribution < -0.4 is 5.73 Å². The Morgan fingerprint density at radius 2 is 1.78 bits per heavy atom. The third-order valence-corrected chi connectivity index (χ3v) is 5.47. The van der Waals surface area contributed by atoms with Crippen LogP contribution in [0.25, 0.3) is 0 Å². The molecule has 2 N–H and O–H groups in total. The lowest BCUT2D eigenvalue weighted by molar-refractivity contribution is 0.0319. The predicted octanol–water partition coefficient (Wildman–Crippen LogP) is 3.26. The molecule has 2 nitrogen and oxygen atoms in total. The molecule has 1 aliphatic heterocycles. The molecule has 2 heteroatoms. The van der Waals surface area contributed by atoms with Gasteiger partial charge in [-0.05, 0) is 63.3 Å². The van der Waals surface area contributed by atoms with Gasteiger partial charge in [0.05, 0.1) is 0 Å². The van der Waals surface area contributed by atoms with Crippen LogP contribution in [0, 0.1) is 17.8 Å². The van der Waals surface area contributed by atoms with E-state index < -0.39 is 0 Å². The van der Waals surface area contributed by atoms with Crippen LogP contribution in [0.5, 0.6) is 0 Å². The van der Waals surface area contributed by atoms with Crippen molar-refractivity contribution in [3.8, 4) is 0 Å². The van der Waals surface area contributed by atoms with Gasteiger partial charge in [-0.15, -0.1) is 0 Å². The Morgan fingerprint density at radius 3 is 2.39 bits per heavy atom. The monoisotopic (exact) mass is 252 g/mol. The number of nitrogens with zero attached hydrogens (tertiary/aromatic N) is 1. The Balaban J connectivity index is 2.01. The first-order chi connectivity index (χ1) is 8.49. The zero-order valence-electron chi connectivity index (χ0n) is 12.7. The fourth-order valence-corrected chi connectivity index (χ4v) is 4.11. The first-order valence-electron chi connectivity index (χ1n) is 8.00. The summed E-state index contributed by atoms with van der Waals surface area (Å²) in [4.78, 5) is 2.74. The molecule has 0 aromatic rings. The highest BCUT2D eigenvalue weighted by Gasteiger charge is 2.37. The maximum Gasteiger partial charge on any atom is 0.0252 e. The summed E-state index contributed by atoms with van der Waals surface area (Å²) in [5, 5.41) is 0. The number of hydrogen-bond donors (Lipinski definition) is 1. The van der Waals surface area contributed by atoms with Gasteiger partial charge >= 0.3 is 0 Å². The topological polar surface area (TPSA) is 29.3 Å². The molecular formula is C16H32N2. The minimum absolute atomic E-state index is 0.413. The second kappa shape index (κ2) is 5.92. The largest absolute Gasteiger partial charge is 0.326 e. The van der Waals surface area contributed by atoms with Crippen LogP contribution in [0.4, 0.5) is 0 Å². The Kier molecular flexibility index (Phi) is 4.71. The van der Waals surface area contributed by atoms with E-state index in [2.05, 4.69) is 32.6 Å². The quantitative estimate of drug-likeness (QED) is 0.817. The van der Waals surface area contributed by atoms with Crippen LogP contribution in [-0.2, 0) is 0 Å². The molecule has 0 aromatic carbocycles. The molecule has 0 radical (unpaired) electrons. The maximum absolute atomic E-state index is 6.43. The number of nitrogens with two attached hydrogens (primary N) is 1. The van der Waals surface area contributed by atoms with Gasteiger partial charge in [0.2, 0.25) is 0 Å². The molecule has 106 valence electrons. The van der Waals surface area contributed by atoms with Crippen LogP contribution in [0.2, 0.25) is 0 Å². The van der Waals surface area contributed by atoms with E-state index in [1.54, 1.807) is 0 Å². The van der Waals surface area contributed by atoms with Crippen molar-refractivity contribution in [2.24, 2.45) is 23.5 Å². The summed E-state index contributed by atoms with van der Waals surface area (Å²) < 4.78 is 0. The summed E-state index contributed by atoms with van der Waals surface area (Å²) >= 11 is 0. The van der Waals surface area contributed by atoms with Crippen molar-refractivity contribution in [3.63, 3.8) is 0 Å². The molecule has 5 atom stereocenters. The number of hydrogen-bond acceptors (Lipinski definition) is 2. The normalized spacial score (nSPS) is 43.3. The zero-order valence-corrected chi connectivity index (χ0v) is 12.7. The van der Waals surface area contributed by atoms with Gasteiger partial charge in [0.15, 0.2) is 0 Å². The van der Waals surface area contributed by atoms with Gasteiger partial charge in [0, 0.05) is 18.1 Å². The lowest BCUT2D eigenvalue weighted by Gasteiger charge is -2.48. The van der Waals surface area contributed by atoms with Gasteiger partial charge in [-0.2, -0.15) is 0 Å². The summed E-state index contributed by atoms with van der Waals surface area (Å²) in [6.07, 6.45) is 6.62. The molecule has 2 aliphatic rings. The summed E-state index contributed by atoms with van der Waals surface area (Å²) in [6, 6.07) is 1.79. The first-order valence-corrected chi connectivity index (χ1v) is 8.00. The van der Waals surface area contributed by atoms with Gasteiger partial charge in [-0.1, -0.05) is 20.8 Å². The molecular weight excluding hydrogens is 220 g/mol. The van der Waals surface area contributed by atoms with Crippen molar-refractivity contribution in [2.45, 2.75) is 77.9 Å². The Morgan fingerprint density at radius 1 is 1.06 bits per heavy atom. The molecule has 1 saturated carbocycles. The number of likely N-dealkylation sites (tertiary alicyclic amines) is 1. The molecule has 5 unspecified atom stereocenters. The van der Waals surface area contributed by atoms with Crippen molar-refractivity contribution in [1.29, 1.82) is 0 Å². The van der Waals surface area contributed by atoms with Gasteiger partial charge in [0.1, 0.15) is 0 Å². The van der Waals surface area contributed by atoms with Crippen LogP contribution >= 0.6 is 0 Å². The highest BCUT2D eigenvalue weighted by molar-refractivity contribution is 4.93. The van der Waals surface area contributed by atoms with Crippen LogP contribution in [0.15, 0.2) is 0 Å². The van der Waals surface area contributed by atoms with Crippen molar-refractivity contribution in [3.05, 3.63) is 0 Å². The highest BCUT2D eigenvalue weighted by Crippen LogP contribution is 2.35. The maximum atomic E-state index is 6.43. The standard InChI is InChI=1S/C16H32N2/c1-11(2)14-5-6-15(17)16(10-14)18-8-7-12(3)9-13(18)4/h11-16H,5-10,17H2,1-4H3. The minimum Gasteiger partial charge on any atom is -0.326 e. The van der Waals surface area contributed by atoms with E-state index in [0.717, 1.165) is 23.8 Å². The minimum atomic E-state index is 0.413. The van der Waals surface area contributed by atoms with Crippen molar-refractivity contribution in [1.82, 2.24) is 4.90 Å². The van der Waals surface area contributed by atoms with E-state index in [-0.39, 0.29) is 0 Å². The molecule has 2 rings (SSSR count).